The Hall–Kier alpha value is -1.23. The first-order valence-corrected chi connectivity index (χ1v) is 6.08. The van der Waals surface area contributed by atoms with E-state index in [0.717, 1.165) is 30.9 Å². The molecular weight excluding hydrogens is 241 g/mol. The summed E-state index contributed by atoms with van der Waals surface area (Å²) < 4.78 is 37.2. The Morgan fingerprint density at radius 2 is 1.83 bits per heavy atom. The molecule has 1 aromatic rings. The fourth-order valence-electron chi connectivity index (χ4n) is 1.76. The van der Waals surface area contributed by atoms with Gasteiger partial charge in [-0.2, -0.15) is 13.2 Å². The lowest BCUT2D eigenvalue weighted by molar-refractivity contribution is -0.137. The van der Waals surface area contributed by atoms with Gasteiger partial charge >= 0.3 is 6.18 Å². The lowest BCUT2D eigenvalue weighted by atomic mass is 10.2. The monoisotopic (exact) mass is 258 g/mol. The van der Waals surface area contributed by atoms with E-state index in [1.54, 1.807) is 0 Å². The van der Waals surface area contributed by atoms with Gasteiger partial charge in [-0.1, -0.05) is 0 Å². The van der Waals surface area contributed by atoms with Gasteiger partial charge in [0.05, 0.1) is 5.56 Å². The van der Waals surface area contributed by atoms with E-state index in [1.165, 1.54) is 25.0 Å². The summed E-state index contributed by atoms with van der Waals surface area (Å²) in [4.78, 5) is 1.95. The maximum absolute atomic E-state index is 12.4. The van der Waals surface area contributed by atoms with Gasteiger partial charge in [0.2, 0.25) is 0 Å². The zero-order chi connectivity index (χ0) is 13.2. The van der Waals surface area contributed by atoms with Crippen LogP contribution in [-0.4, -0.2) is 26.2 Å². The molecular formula is C13H17F3N2. The molecule has 5 heteroatoms. The van der Waals surface area contributed by atoms with Crippen LogP contribution in [0.5, 0.6) is 0 Å². The van der Waals surface area contributed by atoms with Gasteiger partial charge in [0, 0.05) is 31.9 Å². The fourth-order valence-corrected chi connectivity index (χ4v) is 1.76. The van der Waals surface area contributed by atoms with Crippen LogP contribution in [0.1, 0.15) is 18.4 Å². The summed E-state index contributed by atoms with van der Waals surface area (Å²) >= 11 is 0. The van der Waals surface area contributed by atoms with Crippen molar-refractivity contribution >= 4 is 5.69 Å². The molecule has 2 nitrogen and oxygen atoms in total. The molecule has 1 aliphatic rings. The molecule has 0 aromatic heterocycles. The van der Waals surface area contributed by atoms with E-state index in [-0.39, 0.29) is 0 Å². The minimum absolute atomic E-state index is 0.601. The molecule has 1 saturated carbocycles. The molecule has 0 radical (unpaired) electrons. The number of benzene rings is 1. The highest BCUT2D eigenvalue weighted by molar-refractivity contribution is 5.47. The second kappa shape index (κ2) is 5.18. The van der Waals surface area contributed by atoms with E-state index in [2.05, 4.69) is 5.32 Å². The van der Waals surface area contributed by atoms with Gasteiger partial charge < -0.3 is 10.2 Å². The van der Waals surface area contributed by atoms with Crippen LogP contribution in [0, 0.1) is 0 Å². The summed E-state index contributed by atoms with van der Waals surface area (Å²) in [6, 6.07) is 5.94. The predicted octanol–water partition coefficient (Wildman–Crippen LogP) is 2.89. The zero-order valence-electron chi connectivity index (χ0n) is 10.3. The lowest BCUT2D eigenvalue weighted by Gasteiger charge is -2.20. The van der Waals surface area contributed by atoms with Crippen LogP contribution < -0.4 is 10.2 Å². The number of hydrogen-bond donors (Lipinski definition) is 1. The van der Waals surface area contributed by atoms with Crippen LogP contribution in [0.25, 0.3) is 0 Å². The molecule has 0 heterocycles. The molecule has 1 aliphatic carbocycles. The Balaban J connectivity index is 1.87. The first-order chi connectivity index (χ1) is 8.47. The number of likely N-dealkylation sites (N-methyl/N-ethyl adjacent to an activating group) is 1. The smallest absolute Gasteiger partial charge is 0.373 e. The summed E-state index contributed by atoms with van der Waals surface area (Å²) in [5, 5.41) is 3.37. The van der Waals surface area contributed by atoms with Crippen molar-refractivity contribution in [2.75, 3.05) is 25.0 Å². The van der Waals surface area contributed by atoms with Crippen LogP contribution in [0.2, 0.25) is 0 Å². The Labute approximate surface area is 105 Å². The van der Waals surface area contributed by atoms with Crippen LogP contribution >= 0.6 is 0 Å². The summed E-state index contributed by atoms with van der Waals surface area (Å²) in [6.07, 6.45) is -1.78. The minimum Gasteiger partial charge on any atom is -0.373 e. The van der Waals surface area contributed by atoms with Gasteiger partial charge in [-0.25, -0.2) is 0 Å². The molecule has 18 heavy (non-hydrogen) atoms. The molecule has 0 amide bonds. The molecule has 0 spiro atoms. The Morgan fingerprint density at radius 1 is 1.22 bits per heavy atom. The van der Waals surface area contributed by atoms with E-state index < -0.39 is 11.7 Å². The Morgan fingerprint density at radius 3 is 2.33 bits per heavy atom. The zero-order valence-corrected chi connectivity index (χ0v) is 10.3. The van der Waals surface area contributed by atoms with Crippen molar-refractivity contribution in [2.24, 2.45) is 0 Å². The summed E-state index contributed by atoms with van der Waals surface area (Å²) in [6.45, 7) is 1.66. The van der Waals surface area contributed by atoms with Gasteiger partial charge in [0.1, 0.15) is 0 Å². The highest BCUT2D eigenvalue weighted by Crippen LogP contribution is 2.30. The van der Waals surface area contributed by atoms with E-state index in [9.17, 15) is 13.2 Å². The van der Waals surface area contributed by atoms with E-state index in [4.69, 9.17) is 0 Å². The highest BCUT2D eigenvalue weighted by atomic mass is 19.4. The molecule has 0 saturated heterocycles. The predicted molar refractivity (Wildman–Crippen MR) is 65.7 cm³/mol. The van der Waals surface area contributed by atoms with Crippen LogP contribution in [-0.2, 0) is 6.18 Å². The minimum atomic E-state index is -4.26. The van der Waals surface area contributed by atoms with Crippen molar-refractivity contribution < 1.29 is 13.2 Å². The fraction of sp³-hybridized carbons (Fsp3) is 0.538. The molecule has 0 bridgehead atoms. The van der Waals surface area contributed by atoms with Crippen LogP contribution in [0.4, 0.5) is 18.9 Å². The van der Waals surface area contributed by atoms with Gasteiger partial charge in [-0.15, -0.1) is 0 Å². The largest absolute Gasteiger partial charge is 0.416 e. The normalized spacial score (nSPS) is 15.8. The third-order valence-electron chi connectivity index (χ3n) is 3.09. The number of hydrogen-bond acceptors (Lipinski definition) is 2. The second-order valence-corrected chi connectivity index (χ2v) is 4.69. The van der Waals surface area contributed by atoms with Gasteiger partial charge in [0.25, 0.3) is 0 Å². The topological polar surface area (TPSA) is 15.3 Å². The quantitative estimate of drug-likeness (QED) is 0.873. The van der Waals surface area contributed by atoms with Crippen molar-refractivity contribution in [3.05, 3.63) is 29.8 Å². The van der Waals surface area contributed by atoms with E-state index in [1.807, 2.05) is 11.9 Å². The number of alkyl halides is 3. The van der Waals surface area contributed by atoms with Crippen molar-refractivity contribution in [3.8, 4) is 0 Å². The van der Waals surface area contributed by atoms with Crippen molar-refractivity contribution in [1.82, 2.24) is 5.32 Å². The van der Waals surface area contributed by atoms with Gasteiger partial charge in [-0.3, -0.25) is 0 Å². The SMILES string of the molecule is CN(CCNC1CC1)c1ccc(C(F)(F)F)cc1. The molecule has 0 atom stereocenters. The number of rotatable bonds is 5. The van der Waals surface area contributed by atoms with Crippen molar-refractivity contribution in [1.29, 1.82) is 0 Å². The van der Waals surface area contributed by atoms with Gasteiger partial charge in [0.15, 0.2) is 0 Å². The molecule has 1 N–H and O–H groups in total. The number of nitrogens with one attached hydrogen (secondary N) is 1. The Kier molecular flexibility index (Phi) is 3.80. The molecule has 2 rings (SSSR count). The van der Waals surface area contributed by atoms with Crippen LogP contribution in [0.3, 0.4) is 0 Å². The first-order valence-electron chi connectivity index (χ1n) is 6.08. The third kappa shape index (κ3) is 3.63. The van der Waals surface area contributed by atoms with Crippen molar-refractivity contribution in [3.63, 3.8) is 0 Å². The average Bonchev–Trinajstić information content (AvgIpc) is 3.12. The molecule has 0 unspecified atom stereocenters. The summed E-state index contributed by atoms with van der Waals surface area (Å²) in [5.41, 5.74) is 0.205. The second-order valence-electron chi connectivity index (χ2n) is 4.69. The third-order valence-corrected chi connectivity index (χ3v) is 3.09. The number of halogens is 3. The highest BCUT2D eigenvalue weighted by Gasteiger charge is 2.30. The summed E-state index contributed by atoms with van der Waals surface area (Å²) in [7, 11) is 1.89. The van der Waals surface area contributed by atoms with Crippen LogP contribution in [0.15, 0.2) is 24.3 Å². The van der Waals surface area contributed by atoms with E-state index >= 15 is 0 Å². The maximum Gasteiger partial charge on any atom is 0.416 e. The number of anilines is 1. The summed E-state index contributed by atoms with van der Waals surface area (Å²) in [5.74, 6) is 0. The molecule has 0 aliphatic heterocycles. The average molecular weight is 258 g/mol. The number of nitrogens with zero attached hydrogens (tertiary/aromatic N) is 1. The van der Waals surface area contributed by atoms with Gasteiger partial charge in [-0.05, 0) is 37.1 Å². The Bertz CT molecular complexity index is 382. The van der Waals surface area contributed by atoms with E-state index in [0.29, 0.717) is 6.04 Å². The lowest BCUT2D eigenvalue weighted by Crippen LogP contribution is -2.30. The maximum atomic E-state index is 12.4. The molecule has 1 fully saturated rings. The molecule has 1 aromatic carbocycles. The van der Waals surface area contributed by atoms with Crippen molar-refractivity contribution in [2.45, 2.75) is 25.1 Å². The molecule has 100 valence electrons. The standard InChI is InChI=1S/C13H17F3N2/c1-18(9-8-17-11-4-5-11)12-6-2-10(3-7-12)13(14,15)16/h2-3,6-7,11,17H,4-5,8-9H2,1H3. The first kappa shape index (κ1) is 13.2.